The third-order valence-corrected chi connectivity index (χ3v) is 12.3. The van der Waals surface area contributed by atoms with Crippen LogP contribution in [-0.2, 0) is 28.6 Å². The minimum absolute atomic E-state index is 0.0691. The Labute approximate surface area is 380 Å². The monoisotopic (exact) mass is 861 g/mol. The molecule has 0 aromatic rings. The van der Waals surface area contributed by atoms with Crippen molar-refractivity contribution in [2.75, 3.05) is 13.2 Å². The first-order valence-electron chi connectivity index (χ1n) is 27.2. The molecule has 1 atom stereocenters. The second-order valence-corrected chi connectivity index (χ2v) is 18.5. The van der Waals surface area contributed by atoms with E-state index in [-0.39, 0.29) is 31.1 Å². The number of hydrogen-bond donors (Lipinski definition) is 0. The van der Waals surface area contributed by atoms with Gasteiger partial charge in [0.2, 0.25) is 0 Å². The van der Waals surface area contributed by atoms with Crippen molar-refractivity contribution in [1.82, 2.24) is 0 Å². The first-order valence-corrected chi connectivity index (χ1v) is 27.2. The molecule has 0 bridgehead atoms. The van der Waals surface area contributed by atoms with Crippen LogP contribution in [0.15, 0.2) is 12.2 Å². The molecule has 360 valence electrons. The van der Waals surface area contributed by atoms with E-state index in [0.717, 1.165) is 70.6 Å². The van der Waals surface area contributed by atoms with E-state index in [1.54, 1.807) is 0 Å². The van der Waals surface area contributed by atoms with E-state index >= 15 is 0 Å². The van der Waals surface area contributed by atoms with Crippen LogP contribution in [0.5, 0.6) is 0 Å². The van der Waals surface area contributed by atoms with Crippen LogP contribution in [0.1, 0.15) is 303 Å². The zero-order valence-corrected chi connectivity index (χ0v) is 41.2. The highest BCUT2D eigenvalue weighted by molar-refractivity contribution is 5.71. The van der Waals surface area contributed by atoms with E-state index in [4.69, 9.17) is 14.2 Å². The van der Waals surface area contributed by atoms with Crippen LogP contribution in [0.4, 0.5) is 0 Å². The summed E-state index contributed by atoms with van der Waals surface area (Å²) in [5, 5.41) is 0. The Balaban J connectivity index is 3.98. The summed E-state index contributed by atoms with van der Waals surface area (Å²) in [6.45, 7) is 6.56. The van der Waals surface area contributed by atoms with Gasteiger partial charge in [-0.25, -0.2) is 0 Å². The second-order valence-electron chi connectivity index (χ2n) is 18.5. The smallest absolute Gasteiger partial charge is 0.306 e. The third kappa shape index (κ3) is 49.0. The number of hydrogen-bond acceptors (Lipinski definition) is 6. The van der Waals surface area contributed by atoms with Crippen molar-refractivity contribution in [2.24, 2.45) is 0 Å². The summed E-state index contributed by atoms with van der Waals surface area (Å²) in [7, 11) is 0. The number of rotatable bonds is 50. The van der Waals surface area contributed by atoms with Gasteiger partial charge < -0.3 is 14.2 Å². The molecule has 0 N–H and O–H groups in total. The number of allylic oxidation sites excluding steroid dienone is 2. The molecule has 0 amide bonds. The average Bonchev–Trinajstić information content (AvgIpc) is 3.26. The van der Waals surface area contributed by atoms with Gasteiger partial charge in [0.15, 0.2) is 6.10 Å². The molecule has 1 unspecified atom stereocenters. The summed E-state index contributed by atoms with van der Waals surface area (Å²) >= 11 is 0. The quantitative estimate of drug-likeness (QED) is 0.0262. The van der Waals surface area contributed by atoms with Crippen molar-refractivity contribution in [3.05, 3.63) is 12.2 Å². The highest BCUT2D eigenvalue weighted by atomic mass is 16.6. The third-order valence-electron chi connectivity index (χ3n) is 12.3. The zero-order valence-electron chi connectivity index (χ0n) is 41.2. The van der Waals surface area contributed by atoms with Crippen LogP contribution < -0.4 is 0 Å². The molecule has 0 spiro atoms. The standard InChI is InChI=1S/C55H104O6/c1-4-7-10-13-16-18-20-21-22-23-24-25-26-27-28-29-30-31-32-33-34-35-37-39-42-45-48-54(57)60-51-52(50-59-53(56)47-44-41-38-15-12-9-6-3)61-55(58)49-46-43-40-36-19-17-14-11-8-5-2/h11,14,52H,4-10,12-13,15-51H2,1-3H3/b14-11-. The number of ether oxygens (including phenoxy) is 3. The largest absolute Gasteiger partial charge is 0.462 e. The van der Waals surface area contributed by atoms with Crippen molar-refractivity contribution >= 4 is 17.9 Å². The van der Waals surface area contributed by atoms with E-state index in [1.165, 1.54) is 193 Å². The summed E-state index contributed by atoms with van der Waals surface area (Å²) in [5.74, 6) is -0.873. The highest BCUT2D eigenvalue weighted by Crippen LogP contribution is 2.17. The molecule has 0 aromatic carbocycles. The van der Waals surface area contributed by atoms with Gasteiger partial charge in [0, 0.05) is 19.3 Å². The molecule has 0 aromatic heterocycles. The lowest BCUT2D eigenvalue weighted by atomic mass is 10.0. The molecule has 0 rings (SSSR count). The van der Waals surface area contributed by atoms with E-state index in [0.29, 0.717) is 19.3 Å². The maximum atomic E-state index is 12.7. The Morgan fingerprint density at radius 3 is 0.885 bits per heavy atom. The fraction of sp³-hybridized carbons (Fsp3) is 0.909. The molecular formula is C55H104O6. The van der Waals surface area contributed by atoms with Gasteiger partial charge in [-0.05, 0) is 38.5 Å². The number of unbranched alkanes of at least 4 members (excludes halogenated alkanes) is 37. The Bertz CT molecular complexity index is 947. The number of carbonyl (C=O) groups is 3. The lowest BCUT2D eigenvalue weighted by molar-refractivity contribution is -0.167. The van der Waals surface area contributed by atoms with E-state index in [1.807, 2.05) is 0 Å². The fourth-order valence-corrected chi connectivity index (χ4v) is 8.15. The SMILES string of the molecule is CCC/C=C\CCCCCCCC(=O)OC(COC(=O)CCCCCCCCC)COC(=O)CCCCCCCCCCCCCCCCCCCCCCCCCCCC. The molecule has 0 saturated carbocycles. The molecule has 0 radical (unpaired) electrons. The lowest BCUT2D eigenvalue weighted by Crippen LogP contribution is -2.30. The van der Waals surface area contributed by atoms with Crippen molar-refractivity contribution in [2.45, 2.75) is 309 Å². The van der Waals surface area contributed by atoms with Gasteiger partial charge in [-0.15, -0.1) is 0 Å². The molecule has 61 heavy (non-hydrogen) atoms. The van der Waals surface area contributed by atoms with Crippen LogP contribution in [0, 0.1) is 0 Å². The Kier molecular flexibility index (Phi) is 49.3. The fourth-order valence-electron chi connectivity index (χ4n) is 8.15. The van der Waals surface area contributed by atoms with E-state index in [9.17, 15) is 14.4 Å². The van der Waals surface area contributed by atoms with Crippen molar-refractivity contribution < 1.29 is 28.6 Å². The molecule has 0 saturated heterocycles. The van der Waals surface area contributed by atoms with Crippen molar-refractivity contribution in [3.8, 4) is 0 Å². The minimum Gasteiger partial charge on any atom is -0.462 e. The summed E-state index contributed by atoms with van der Waals surface area (Å²) in [6, 6.07) is 0. The Morgan fingerprint density at radius 1 is 0.311 bits per heavy atom. The second kappa shape index (κ2) is 50.8. The number of esters is 3. The van der Waals surface area contributed by atoms with Crippen LogP contribution in [0.2, 0.25) is 0 Å². The van der Waals surface area contributed by atoms with Crippen LogP contribution >= 0.6 is 0 Å². The first-order chi connectivity index (χ1) is 30.0. The maximum absolute atomic E-state index is 12.7. The van der Waals surface area contributed by atoms with Gasteiger partial charge in [-0.2, -0.15) is 0 Å². The molecule has 0 heterocycles. The lowest BCUT2D eigenvalue weighted by Gasteiger charge is -2.18. The van der Waals surface area contributed by atoms with Crippen LogP contribution in [0.25, 0.3) is 0 Å². The minimum atomic E-state index is -0.765. The van der Waals surface area contributed by atoms with Crippen molar-refractivity contribution in [1.29, 1.82) is 0 Å². The topological polar surface area (TPSA) is 78.9 Å². The molecule has 6 heteroatoms. The molecule has 0 fully saturated rings. The summed E-state index contributed by atoms with van der Waals surface area (Å²) in [5.41, 5.74) is 0. The van der Waals surface area contributed by atoms with E-state index < -0.39 is 6.10 Å². The van der Waals surface area contributed by atoms with Gasteiger partial charge >= 0.3 is 17.9 Å². The van der Waals surface area contributed by atoms with Gasteiger partial charge in [-0.1, -0.05) is 258 Å². The average molecular weight is 861 g/mol. The first kappa shape index (κ1) is 59.1. The summed E-state index contributed by atoms with van der Waals surface area (Å²) < 4.78 is 16.7. The molecular weight excluding hydrogens is 757 g/mol. The summed E-state index contributed by atoms with van der Waals surface area (Å²) in [6.07, 6.45) is 56.8. The summed E-state index contributed by atoms with van der Waals surface area (Å²) in [4.78, 5) is 37.7. The maximum Gasteiger partial charge on any atom is 0.306 e. The van der Waals surface area contributed by atoms with Gasteiger partial charge in [0.1, 0.15) is 13.2 Å². The molecule has 0 aliphatic heterocycles. The highest BCUT2D eigenvalue weighted by Gasteiger charge is 2.19. The molecule has 6 nitrogen and oxygen atoms in total. The van der Waals surface area contributed by atoms with Crippen molar-refractivity contribution in [3.63, 3.8) is 0 Å². The predicted octanol–water partition coefficient (Wildman–Crippen LogP) is 17.8. The Morgan fingerprint density at radius 2 is 0.574 bits per heavy atom. The van der Waals surface area contributed by atoms with Crippen LogP contribution in [0.3, 0.4) is 0 Å². The predicted molar refractivity (Wildman–Crippen MR) is 261 cm³/mol. The van der Waals surface area contributed by atoms with E-state index in [2.05, 4.69) is 32.9 Å². The molecule has 0 aliphatic rings. The van der Waals surface area contributed by atoms with Crippen LogP contribution in [-0.4, -0.2) is 37.2 Å². The number of carbonyl (C=O) groups excluding carboxylic acids is 3. The van der Waals surface area contributed by atoms with Gasteiger partial charge in [0.05, 0.1) is 0 Å². The van der Waals surface area contributed by atoms with Gasteiger partial charge in [0.25, 0.3) is 0 Å². The van der Waals surface area contributed by atoms with Gasteiger partial charge in [-0.3, -0.25) is 14.4 Å². The normalized spacial score (nSPS) is 12.0. The Hall–Kier alpha value is -1.85. The zero-order chi connectivity index (χ0) is 44.4. The molecule has 0 aliphatic carbocycles.